The number of hydrogen-bond donors (Lipinski definition) is 0. The molecule has 0 aliphatic heterocycles. The number of rotatable bonds is 2. The molecule has 0 bridgehead atoms. The van der Waals surface area contributed by atoms with E-state index in [4.69, 9.17) is 16.0 Å². The monoisotopic (exact) mass is 327 g/mol. The molecule has 4 nitrogen and oxygen atoms in total. The van der Waals surface area contributed by atoms with Gasteiger partial charge in [-0.05, 0) is 6.20 Å². The van der Waals surface area contributed by atoms with Gasteiger partial charge in [0, 0.05) is 5.76 Å². The topological polar surface area (TPSA) is 51.8 Å². The van der Waals surface area contributed by atoms with Crippen molar-refractivity contribution in [2.24, 2.45) is 0 Å². The standard InChI is InChI=1S/C9H4ClN3O.C6H11.K/c10-9-12-3-7(4-13-9)1-2-8-5-11-6-14-8;1-2-4-6-5-3-1;/h1,3,5-6H;1H,2-6H2;/q-2;-1;+1. The van der Waals surface area contributed by atoms with E-state index in [9.17, 15) is 0 Å². The van der Waals surface area contributed by atoms with Crippen LogP contribution >= 0.6 is 11.6 Å². The normalized spacial score (nSPS) is 14.1. The Labute approximate surface area is 172 Å². The molecular formula is C15H15ClKN3O-2. The summed E-state index contributed by atoms with van der Waals surface area (Å²) in [5.74, 6) is 0.536. The van der Waals surface area contributed by atoms with Crippen molar-refractivity contribution in [2.45, 2.75) is 32.1 Å². The molecular weight excluding hydrogens is 313 g/mol. The van der Waals surface area contributed by atoms with E-state index in [1.807, 2.05) is 0 Å². The van der Waals surface area contributed by atoms with Gasteiger partial charge in [0.25, 0.3) is 0 Å². The van der Waals surface area contributed by atoms with E-state index in [-0.39, 0.29) is 56.7 Å². The predicted octanol–water partition coefficient (Wildman–Crippen LogP) is 0.942. The summed E-state index contributed by atoms with van der Waals surface area (Å²) < 4.78 is 4.94. The predicted molar refractivity (Wildman–Crippen MR) is 76.6 cm³/mol. The number of nitrogens with zero attached hydrogens (tertiary/aromatic N) is 3. The summed E-state index contributed by atoms with van der Waals surface area (Å²) in [7, 11) is 0. The van der Waals surface area contributed by atoms with E-state index < -0.39 is 0 Å². The third kappa shape index (κ3) is 8.23. The molecule has 0 unspecified atom stereocenters. The zero-order valence-corrected chi connectivity index (χ0v) is 15.9. The fourth-order valence-corrected chi connectivity index (χ4v) is 1.79. The van der Waals surface area contributed by atoms with E-state index >= 15 is 0 Å². The number of halogens is 1. The maximum atomic E-state index is 5.50. The Morgan fingerprint density at radius 2 is 2.10 bits per heavy atom. The number of aromatic nitrogens is 3. The van der Waals surface area contributed by atoms with Gasteiger partial charge >= 0.3 is 51.4 Å². The van der Waals surface area contributed by atoms with Crippen LogP contribution in [0.2, 0.25) is 5.28 Å². The summed E-state index contributed by atoms with van der Waals surface area (Å²) in [6.45, 7) is 0. The molecule has 3 rings (SSSR count). The molecule has 0 saturated heterocycles. The fraction of sp³-hybridized carbons (Fsp3) is 0.333. The van der Waals surface area contributed by atoms with Crippen molar-refractivity contribution in [3.63, 3.8) is 0 Å². The Kier molecular flexibility index (Phi) is 10.4. The molecule has 2 aromatic rings. The van der Waals surface area contributed by atoms with Gasteiger partial charge in [-0.1, -0.05) is 19.3 Å². The smallest absolute Gasteiger partial charge is 0.472 e. The molecule has 0 aromatic carbocycles. The molecule has 0 atom stereocenters. The molecule has 2 heterocycles. The van der Waals surface area contributed by atoms with Crippen molar-refractivity contribution < 1.29 is 55.8 Å². The van der Waals surface area contributed by atoms with E-state index in [1.54, 1.807) is 18.5 Å². The Morgan fingerprint density at radius 1 is 1.29 bits per heavy atom. The van der Waals surface area contributed by atoms with Gasteiger partial charge in [0.05, 0.1) is 0 Å². The summed E-state index contributed by atoms with van der Waals surface area (Å²) in [5.41, 5.74) is 0.672. The van der Waals surface area contributed by atoms with E-state index in [2.05, 4.69) is 33.6 Å². The molecule has 0 spiro atoms. The van der Waals surface area contributed by atoms with Gasteiger partial charge in [-0.3, -0.25) is 4.98 Å². The molecule has 6 heteroatoms. The molecule has 1 saturated carbocycles. The molecule has 0 amide bonds. The van der Waals surface area contributed by atoms with Gasteiger partial charge < -0.3 is 20.8 Å². The summed E-state index contributed by atoms with van der Waals surface area (Å²) >= 11 is 5.50. The third-order valence-corrected chi connectivity index (χ3v) is 2.89. The molecule has 0 N–H and O–H groups in total. The number of oxazole rings is 1. The van der Waals surface area contributed by atoms with Crippen LogP contribution in [0.5, 0.6) is 0 Å². The van der Waals surface area contributed by atoms with Gasteiger partial charge in [-0.25, -0.2) is 11.6 Å². The van der Waals surface area contributed by atoms with E-state index in [1.165, 1.54) is 38.5 Å². The Bertz CT molecular complexity index is 499. The van der Waals surface area contributed by atoms with Crippen LogP contribution < -0.4 is 51.4 Å². The summed E-state index contributed by atoms with van der Waals surface area (Å²) in [6.07, 6.45) is 21.1. The maximum absolute atomic E-state index is 5.50. The quantitative estimate of drug-likeness (QED) is 0.468. The van der Waals surface area contributed by atoms with Crippen LogP contribution in [-0.2, 0) is 0 Å². The minimum absolute atomic E-state index is 0. The second-order valence-corrected chi connectivity index (χ2v) is 4.63. The first kappa shape index (κ1) is 19.0. The second-order valence-electron chi connectivity index (χ2n) is 4.29. The van der Waals surface area contributed by atoms with E-state index in [0.717, 1.165) is 0 Å². The average Bonchev–Trinajstić information content (AvgIpc) is 3.03. The van der Waals surface area contributed by atoms with Crippen molar-refractivity contribution in [3.8, 4) is 0 Å². The second kappa shape index (κ2) is 11.5. The zero-order valence-electron chi connectivity index (χ0n) is 12.1. The minimum Gasteiger partial charge on any atom is -0.472 e. The van der Waals surface area contributed by atoms with Crippen LogP contribution in [0.3, 0.4) is 0 Å². The molecule has 0 radical (unpaired) electrons. The summed E-state index contributed by atoms with van der Waals surface area (Å²) in [6, 6.07) is 0. The van der Waals surface area contributed by atoms with Crippen molar-refractivity contribution in [2.75, 3.05) is 0 Å². The Hall–Kier alpha value is -0.0436. The van der Waals surface area contributed by atoms with Gasteiger partial charge in [-0.15, -0.1) is 24.0 Å². The van der Waals surface area contributed by atoms with Crippen LogP contribution in [0.4, 0.5) is 0 Å². The SMILES string of the molecule is Clc1n[c-]c(C=[C-]c2cnco2)cn1.[CH-]1CCCCC1.[K+]. The van der Waals surface area contributed by atoms with Crippen molar-refractivity contribution in [3.05, 3.63) is 54.1 Å². The fourth-order valence-electron chi connectivity index (χ4n) is 1.70. The van der Waals surface area contributed by atoms with Crippen molar-refractivity contribution in [1.29, 1.82) is 0 Å². The molecule has 1 aliphatic carbocycles. The third-order valence-electron chi connectivity index (χ3n) is 2.71. The van der Waals surface area contributed by atoms with Crippen molar-refractivity contribution in [1.82, 2.24) is 15.0 Å². The van der Waals surface area contributed by atoms with Crippen LogP contribution in [0, 0.1) is 18.7 Å². The van der Waals surface area contributed by atoms with Crippen LogP contribution in [0.15, 0.2) is 23.2 Å². The summed E-state index contributed by atoms with van der Waals surface area (Å²) in [5, 5.41) is 0.168. The number of hydrogen-bond acceptors (Lipinski definition) is 4. The van der Waals surface area contributed by atoms with Gasteiger partial charge in [-0.2, -0.15) is 18.9 Å². The molecule has 1 fully saturated rings. The van der Waals surface area contributed by atoms with Crippen LogP contribution in [-0.4, -0.2) is 15.0 Å². The Morgan fingerprint density at radius 3 is 2.57 bits per heavy atom. The van der Waals surface area contributed by atoms with E-state index in [0.29, 0.717) is 11.3 Å². The first-order valence-corrected chi connectivity index (χ1v) is 6.92. The van der Waals surface area contributed by atoms with Gasteiger partial charge in [0.15, 0.2) is 6.39 Å². The molecule has 21 heavy (non-hydrogen) atoms. The van der Waals surface area contributed by atoms with Crippen LogP contribution in [0.1, 0.15) is 43.4 Å². The first-order chi connectivity index (χ1) is 9.84. The molecule has 1 aliphatic rings. The van der Waals surface area contributed by atoms with Crippen molar-refractivity contribution >= 4 is 17.7 Å². The van der Waals surface area contributed by atoms with Crippen LogP contribution in [0.25, 0.3) is 6.08 Å². The Balaban J connectivity index is 0.000000267. The summed E-state index contributed by atoms with van der Waals surface area (Å²) in [4.78, 5) is 11.2. The minimum atomic E-state index is 0. The molecule has 106 valence electrons. The van der Waals surface area contributed by atoms with Gasteiger partial charge in [0.2, 0.25) is 0 Å². The zero-order chi connectivity index (χ0) is 14.0. The average molecular weight is 328 g/mol. The van der Waals surface area contributed by atoms with Gasteiger partial charge in [0.1, 0.15) is 5.28 Å². The maximum Gasteiger partial charge on any atom is 1.00 e. The molecule has 2 aromatic heterocycles. The largest absolute Gasteiger partial charge is 1.00 e. The first-order valence-electron chi connectivity index (χ1n) is 6.55.